The van der Waals surface area contributed by atoms with Gasteiger partial charge in [0.2, 0.25) is 0 Å². The number of nitrogens with zero attached hydrogens (tertiary/aromatic N) is 1. The van der Waals surface area contributed by atoms with Gasteiger partial charge in [0.15, 0.2) is 0 Å². The van der Waals surface area contributed by atoms with E-state index in [2.05, 4.69) is 4.90 Å². The minimum Gasteiger partial charge on any atom is -0.328 e. The number of hydrogen-bond acceptors (Lipinski definition) is 2. The summed E-state index contributed by atoms with van der Waals surface area (Å²) >= 11 is 0. The lowest BCUT2D eigenvalue weighted by Gasteiger charge is -3.18. The summed E-state index contributed by atoms with van der Waals surface area (Å²) in [5.41, 5.74) is 11.9. The molecule has 13 aliphatic rings. The molecule has 17 atom stereocenters. The van der Waals surface area contributed by atoms with Crippen molar-refractivity contribution in [1.29, 1.82) is 0 Å². The molecule has 0 aromatic carbocycles. The Morgan fingerprint density at radius 2 is 1.53 bits per heavy atom. The van der Waals surface area contributed by atoms with Gasteiger partial charge in [0.1, 0.15) is 0 Å². The van der Waals surface area contributed by atoms with Crippen LogP contribution in [0.3, 0.4) is 0 Å². The summed E-state index contributed by atoms with van der Waals surface area (Å²) in [5, 5.41) is 0. The van der Waals surface area contributed by atoms with E-state index in [9.17, 15) is 0 Å². The lowest BCUT2D eigenvalue weighted by atomic mass is 8.85. The fourth-order valence-corrected chi connectivity index (χ4v) is 19.3. The Kier molecular flexibility index (Phi) is 1.48. The van der Waals surface area contributed by atoms with Gasteiger partial charge in [-0.3, -0.25) is 4.90 Å². The van der Waals surface area contributed by atoms with E-state index in [0.717, 1.165) is 33.0 Å². The maximum Gasteiger partial charge on any atom is 0.0280 e. The molecule has 0 aromatic heterocycles. The molecule has 1 saturated heterocycles. The third-order valence-electron chi connectivity index (χ3n) is 18.0. The van der Waals surface area contributed by atoms with Crippen molar-refractivity contribution in [2.24, 2.45) is 97.9 Å². The monoisotopic (exact) mass is 398 g/mol. The van der Waals surface area contributed by atoms with Gasteiger partial charge in [-0.25, -0.2) is 0 Å². The molecule has 0 aromatic rings. The lowest BCUT2D eigenvalue weighted by molar-refractivity contribution is -0.722. The Balaban J connectivity index is 1.11. The first-order valence-corrected chi connectivity index (χ1v) is 14.2. The molecule has 12 aliphatic carbocycles. The molecule has 5 spiro atoms. The van der Waals surface area contributed by atoms with Crippen molar-refractivity contribution < 1.29 is 0 Å². The maximum absolute atomic E-state index is 6.45. The zero-order valence-electron chi connectivity index (χ0n) is 18.0. The van der Waals surface area contributed by atoms with E-state index in [1.165, 1.54) is 85.1 Å². The molecule has 13 fully saturated rings. The Morgan fingerprint density at radius 3 is 2.37 bits per heavy atom. The molecule has 156 valence electrons. The first kappa shape index (κ1) is 14.2. The molecule has 13 rings (SSSR count). The van der Waals surface area contributed by atoms with E-state index < -0.39 is 0 Å². The molecule has 0 amide bonds. The van der Waals surface area contributed by atoms with E-state index in [1.54, 1.807) is 38.5 Å². The van der Waals surface area contributed by atoms with Gasteiger partial charge in [-0.1, -0.05) is 0 Å². The predicted molar refractivity (Wildman–Crippen MR) is 110 cm³/mol. The Labute approximate surface area is 179 Å². The molecule has 17 unspecified atom stereocenters. The SMILES string of the molecule is NC1CCN(C23CC45C(C6CC7CC2CC764)C2C4C6CC7CC8C9C3C25C49C768)CC1. The summed E-state index contributed by atoms with van der Waals surface area (Å²) in [7, 11) is 0. The topological polar surface area (TPSA) is 29.3 Å². The van der Waals surface area contributed by atoms with Crippen LogP contribution in [0.15, 0.2) is 0 Å². The first-order valence-electron chi connectivity index (χ1n) is 14.2. The van der Waals surface area contributed by atoms with Crippen molar-refractivity contribution in [3.63, 3.8) is 0 Å². The van der Waals surface area contributed by atoms with E-state index in [1.807, 2.05) is 0 Å². The normalized spacial score (nSPS) is 89.7. The molecular weight excluding hydrogens is 364 g/mol. The van der Waals surface area contributed by atoms with Gasteiger partial charge in [0.05, 0.1) is 0 Å². The molecule has 2 nitrogen and oxygen atoms in total. The molecule has 30 heavy (non-hydrogen) atoms. The summed E-state index contributed by atoms with van der Waals surface area (Å²) < 4.78 is 0. The summed E-state index contributed by atoms with van der Waals surface area (Å²) in [6.07, 6.45) is 12.8. The highest BCUT2D eigenvalue weighted by Gasteiger charge is 3.21. The summed E-state index contributed by atoms with van der Waals surface area (Å²) in [4.78, 5) is 3.20. The largest absolute Gasteiger partial charge is 0.328 e. The number of piperidine rings is 1. The van der Waals surface area contributed by atoms with Gasteiger partial charge >= 0.3 is 0 Å². The highest BCUT2D eigenvalue weighted by atomic mass is 15.3. The number of hydrogen-bond donors (Lipinski definition) is 1. The smallest absolute Gasteiger partial charge is 0.0280 e. The standard InChI is InChI=1S/C28H34N2/c29-14-1-3-30(4-2-14)24-10-25-18(15-6-11-5-13(24)9-23(11,15)25)21-19-16-7-12-8-17-20-22(24)28(21,25)27(19,20)26(12,16)17/h11-22H,1-10,29H2. The summed E-state index contributed by atoms with van der Waals surface area (Å²) in [5.74, 6) is 13.5. The van der Waals surface area contributed by atoms with Gasteiger partial charge in [0.25, 0.3) is 0 Å². The van der Waals surface area contributed by atoms with Gasteiger partial charge < -0.3 is 5.73 Å². The van der Waals surface area contributed by atoms with Crippen LogP contribution in [0.5, 0.6) is 0 Å². The van der Waals surface area contributed by atoms with Gasteiger partial charge in [-0.2, -0.15) is 0 Å². The third kappa shape index (κ3) is 0.661. The van der Waals surface area contributed by atoms with Gasteiger partial charge in [0, 0.05) is 24.7 Å². The zero-order chi connectivity index (χ0) is 18.6. The molecule has 1 aliphatic heterocycles. The van der Waals surface area contributed by atoms with Crippen molar-refractivity contribution in [3.8, 4) is 0 Å². The zero-order valence-corrected chi connectivity index (χ0v) is 18.0. The predicted octanol–water partition coefficient (Wildman–Crippen LogP) is 3.36. The first-order chi connectivity index (χ1) is 14.7. The van der Waals surface area contributed by atoms with Crippen LogP contribution in [-0.4, -0.2) is 29.6 Å². The minimum atomic E-state index is 0.498. The Hall–Kier alpha value is -0.0800. The van der Waals surface area contributed by atoms with Crippen LogP contribution in [-0.2, 0) is 0 Å². The van der Waals surface area contributed by atoms with E-state index >= 15 is 0 Å². The average molecular weight is 399 g/mol. The quantitative estimate of drug-likeness (QED) is 0.734. The van der Waals surface area contributed by atoms with Crippen LogP contribution < -0.4 is 5.73 Å². The summed E-state index contributed by atoms with van der Waals surface area (Å²) in [6.45, 7) is 2.72. The van der Waals surface area contributed by atoms with Crippen molar-refractivity contribution >= 4 is 0 Å². The number of likely N-dealkylation sites (tertiary alicyclic amines) is 1. The van der Waals surface area contributed by atoms with Crippen molar-refractivity contribution in [2.75, 3.05) is 13.1 Å². The Morgan fingerprint density at radius 1 is 0.733 bits per heavy atom. The van der Waals surface area contributed by atoms with E-state index in [-0.39, 0.29) is 0 Å². The molecule has 1 heterocycles. The Bertz CT molecular complexity index is 1090. The fraction of sp³-hybridized carbons (Fsp3) is 1.00. The number of nitrogens with two attached hydrogens (primary N) is 1. The molecule has 2 N–H and O–H groups in total. The second kappa shape index (κ2) is 3.13. The molecular formula is C28H34N2. The van der Waals surface area contributed by atoms with Crippen LogP contribution in [0.4, 0.5) is 0 Å². The van der Waals surface area contributed by atoms with Crippen molar-refractivity contribution in [1.82, 2.24) is 4.90 Å². The lowest BCUT2D eigenvalue weighted by Crippen LogP contribution is -3.15. The molecule has 12 saturated carbocycles. The highest BCUT2D eigenvalue weighted by molar-refractivity contribution is 5.68. The molecule has 4 bridgehead atoms. The van der Waals surface area contributed by atoms with E-state index in [0.29, 0.717) is 11.6 Å². The fourth-order valence-electron chi connectivity index (χ4n) is 19.3. The average Bonchev–Trinajstić information content (AvgIpc) is 3.13. The van der Waals surface area contributed by atoms with Crippen molar-refractivity contribution in [2.45, 2.75) is 62.9 Å². The van der Waals surface area contributed by atoms with Crippen LogP contribution in [0.2, 0.25) is 0 Å². The van der Waals surface area contributed by atoms with Crippen LogP contribution in [0.25, 0.3) is 0 Å². The molecule has 2 heteroatoms. The van der Waals surface area contributed by atoms with E-state index in [4.69, 9.17) is 5.73 Å². The summed E-state index contributed by atoms with van der Waals surface area (Å²) in [6, 6.07) is 0.498. The van der Waals surface area contributed by atoms with Crippen LogP contribution in [0, 0.1) is 92.2 Å². The number of rotatable bonds is 1. The van der Waals surface area contributed by atoms with Crippen molar-refractivity contribution in [3.05, 3.63) is 0 Å². The highest BCUT2D eigenvalue weighted by Crippen LogP contribution is 3.23. The second-order valence-corrected chi connectivity index (χ2v) is 15.8. The minimum absolute atomic E-state index is 0.498. The third-order valence-corrected chi connectivity index (χ3v) is 18.0. The van der Waals surface area contributed by atoms with Gasteiger partial charge in [-0.15, -0.1) is 0 Å². The number of fused-ring (bicyclic) bond motifs is 10. The van der Waals surface area contributed by atoms with Gasteiger partial charge in [-0.05, 0) is 144 Å². The maximum atomic E-state index is 6.45. The van der Waals surface area contributed by atoms with Crippen LogP contribution >= 0.6 is 0 Å². The molecule has 0 radical (unpaired) electrons. The second-order valence-electron chi connectivity index (χ2n) is 15.8. The van der Waals surface area contributed by atoms with Crippen LogP contribution in [0.1, 0.15) is 51.4 Å².